The number of aromatic nitrogens is 2. The molecule has 0 saturated carbocycles. The van der Waals surface area contributed by atoms with E-state index in [0.29, 0.717) is 6.61 Å². The largest absolute Gasteiger partial charge is 0.489 e. The first-order chi connectivity index (χ1) is 17.6. The van der Waals surface area contributed by atoms with Crippen molar-refractivity contribution >= 4 is 32.5 Å². The molecule has 0 aliphatic carbocycles. The second-order valence-corrected chi connectivity index (χ2v) is 9.57. The molecule has 4 aromatic rings. The van der Waals surface area contributed by atoms with Gasteiger partial charge >= 0.3 is 0 Å². The van der Waals surface area contributed by atoms with Gasteiger partial charge in [-0.1, -0.05) is 49.2 Å². The molecule has 7 heteroatoms. The van der Waals surface area contributed by atoms with Crippen LogP contribution in [0.5, 0.6) is 5.75 Å². The van der Waals surface area contributed by atoms with E-state index < -0.39 is 0 Å². The number of hydrogen-bond acceptors (Lipinski definition) is 3. The zero-order chi connectivity index (χ0) is 25.2. The van der Waals surface area contributed by atoms with E-state index >= 15 is 0 Å². The standard InChI is InChI=1S/C29H35B2N3O2/c30-27(24-11-8-15-32-20-24)28(31)29(35)33-16-6-1-2-7-17-34-18-14-23-19-25(12-13-26(23)34)36-21-22-9-4-3-5-10-22/h3-5,8-15,18-20,27-28H,1-2,6-7,16-17,21,30-31H2,(H,33,35)/t27-,28+/m1/s1. The monoisotopic (exact) mass is 479 g/mol. The third kappa shape index (κ3) is 7.03. The van der Waals surface area contributed by atoms with Crippen LogP contribution in [0.1, 0.15) is 42.6 Å². The lowest BCUT2D eigenvalue weighted by Crippen LogP contribution is -2.31. The third-order valence-corrected chi connectivity index (χ3v) is 6.99. The molecule has 2 aromatic carbocycles. The molecule has 5 nitrogen and oxygen atoms in total. The van der Waals surface area contributed by atoms with Crippen LogP contribution in [0.2, 0.25) is 5.82 Å². The SMILES string of the molecule is B[C@H](C(=O)NCCCCCCn1ccc2cc(OCc3ccccc3)ccc21)[C@H](B)c1cccnc1. The van der Waals surface area contributed by atoms with E-state index in [1.807, 2.05) is 44.4 Å². The van der Waals surface area contributed by atoms with Crippen molar-refractivity contribution in [1.29, 1.82) is 0 Å². The van der Waals surface area contributed by atoms with Gasteiger partial charge in [0.2, 0.25) is 5.91 Å². The molecule has 184 valence electrons. The summed E-state index contributed by atoms with van der Waals surface area (Å²) in [6.07, 6.45) is 10.2. The summed E-state index contributed by atoms with van der Waals surface area (Å²) in [6, 6.07) is 22.7. The van der Waals surface area contributed by atoms with Gasteiger partial charge in [0.1, 0.15) is 28.0 Å². The maximum absolute atomic E-state index is 12.5. The minimum absolute atomic E-state index is 0.0690. The Morgan fingerprint density at radius 2 is 1.81 bits per heavy atom. The first-order valence-corrected chi connectivity index (χ1v) is 13.0. The molecule has 0 saturated heterocycles. The number of amides is 1. The summed E-state index contributed by atoms with van der Waals surface area (Å²) < 4.78 is 8.29. The summed E-state index contributed by atoms with van der Waals surface area (Å²) in [4.78, 5) is 16.7. The fourth-order valence-corrected chi connectivity index (χ4v) is 4.50. The number of benzene rings is 2. The predicted molar refractivity (Wildman–Crippen MR) is 152 cm³/mol. The molecule has 36 heavy (non-hydrogen) atoms. The van der Waals surface area contributed by atoms with Gasteiger partial charge in [0.15, 0.2) is 0 Å². The molecule has 0 spiro atoms. The molecule has 0 aliphatic rings. The smallest absolute Gasteiger partial charge is 0.214 e. The van der Waals surface area contributed by atoms with E-state index in [-0.39, 0.29) is 17.5 Å². The van der Waals surface area contributed by atoms with Crippen LogP contribution in [0.15, 0.2) is 85.3 Å². The summed E-state index contributed by atoms with van der Waals surface area (Å²) in [7, 11) is 4.08. The molecule has 2 aromatic heterocycles. The average Bonchev–Trinajstić information content (AvgIpc) is 3.33. The van der Waals surface area contributed by atoms with Crippen molar-refractivity contribution in [1.82, 2.24) is 14.9 Å². The Kier molecular flexibility index (Phi) is 9.26. The molecule has 0 radical (unpaired) electrons. The zero-order valence-electron chi connectivity index (χ0n) is 21.4. The topological polar surface area (TPSA) is 56.2 Å². The highest BCUT2D eigenvalue weighted by atomic mass is 16.5. The van der Waals surface area contributed by atoms with E-state index in [9.17, 15) is 4.79 Å². The molecular formula is C29H35B2N3O2. The molecular weight excluding hydrogens is 444 g/mol. The number of rotatable bonds is 13. The molecule has 0 aliphatic heterocycles. The van der Waals surface area contributed by atoms with Crippen LogP contribution < -0.4 is 10.1 Å². The van der Waals surface area contributed by atoms with Crippen molar-refractivity contribution in [3.63, 3.8) is 0 Å². The number of fused-ring (bicyclic) bond motifs is 1. The minimum atomic E-state index is -0.0690. The highest BCUT2D eigenvalue weighted by molar-refractivity contribution is 6.30. The Balaban J connectivity index is 1.13. The highest BCUT2D eigenvalue weighted by Crippen LogP contribution is 2.24. The van der Waals surface area contributed by atoms with Crippen molar-refractivity contribution < 1.29 is 9.53 Å². The van der Waals surface area contributed by atoms with Crippen LogP contribution >= 0.6 is 0 Å². The van der Waals surface area contributed by atoms with E-state index in [1.165, 1.54) is 16.5 Å². The summed E-state index contributed by atoms with van der Waals surface area (Å²) >= 11 is 0. The quantitative estimate of drug-likeness (QED) is 0.232. The van der Waals surface area contributed by atoms with Gasteiger partial charge in [-0.05, 0) is 60.1 Å². The molecule has 1 N–H and O–H groups in total. The molecule has 0 unspecified atom stereocenters. The van der Waals surface area contributed by atoms with Gasteiger partial charge < -0.3 is 14.6 Å². The summed E-state index contributed by atoms with van der Waals surface area (Å²) in [5.41, 5.74) is 3.52. The van der Waals surface area contributed by atoms with Crippen molar-refractivity contribution in [3.8, 4) is 5.75 Å². The number of carbonyl (C=O) groups is 1. The molecule has 2 atom stereocenters. The molecule has 1 amide bonds. The van der Waals surface area contributed by atoms with Gasteiger partial charge in [0, 0.05) is 48.4 Å². The van der Waals surface area contributed by atoms with Gasteiger partial charge in [-0.15, -0.1) is 0 Å². The number of ether oxygens (including phenoxy) is 1. The van der Waals surface area contributed by atoms with Crippen LogP contribution in [0.4, 0.5) is 0 Å². The second-order valence-electron chi connectivity index (χ2n) is 9.57. The lowest BCUT2D eigenvalue weighted by atomic mass is 9.63. The lowest BCUT2D eigenvalue weighted by Gasteiger charge is -2.19. The van der Waals surface area contributed by atoms with E-state index in [0.717, 1.165) is 50.1 Å². The van der Waals surface area contributed by atoms with E-state index in [1.54, 1.807) is 6.20 Å². The first kappa shape index (κ1) is 25.6. The van der Waals surface area contributed by atoms with Crippen LogP contribution in [0.25, 0.3) is 10.9 Å². The van der Waals surface area contributed by atoms with E-state index in [4.69, 9.17) is 4.74 Å². The molecule has 2 heterocycles. The minimum Gasteiger partial charge on any atom is -0.489 e. The Hall–Kier alpha value is -3.47. The predicted octanol–water partition coefficient (Wildman–Crippen LogP) is 4.09. The number of nitrogens with zero attached hydrogens (tertiary/aromatic N) is 2. The Morgan fingerprint density at radius 1 is 0.972 bits per heavy atom. The summed E-state index contributed by atoms with van der Waals surface area (Å²) in [5.74, 6) is 1.11. The molecule has 4 rings (SSSR count). The number of unbranched alkanes of at least 4 members (excludes halogenated alkanes) is 3. The van der Waals surface area contributed by atoms with Gasteiger partial charge in [-0.3, -0.25) is 9.78 Å². The molecule has 0 fully saturated rings. The average molecular weight is 479 g/mol. The van der Waals surface area contributed by atoms with Crippen LogP contribution in [0, 0.1) is 0 Å². The van der Waals surface area contributed by atoms with Crippen molar-refractivity contribution in [2.75, 3.05) is 6.54 Å². The highest BCUT2D eigenvalue weighted by Gasteiger charge is 2.21. The van der Waals surface area contributed by atoms with Crippen molar-refractivity contribution in [3.05, 3.63) is 96.4 Å². The van der Waals surface area contributed by atoms with Crippen LogP contribution in [-0.4, -0.2) is 37.7 Å². The maximum atomic E-state index is 12.5. The Bertz CT molecular complexity index is 1230. The Morgan fingerprint density at radius 3 is 2.61 bits per heavy atom. The van der Waals surface area contributed by atoms with Crippen LogP contribution in [0.3, 0.4) is 0 Å². The fraction of sp³-hybridized carbons (Fsp3) is 0.310. The number of nitrogens with one attached hydrogen (secondary N) is 1. The first-order valence-electron chi connectivity index (χ1n) is 13.0. The third-order valence-electron chi connectivity index (χ3n) is 6.99. The van der Waals surface area contributed by atoms with Gasteiger partial charge in [-0.2, -0.15) is 0 Å². The van der Waals surface area contributed by atoms with Gasteiger partial charge in [-0.25, -0.2) is 0 Å². The number of carbonyl (C=O) groups excluding carboxylic acids is 1. The lowest BCUT2D eigenvalue weighted by molar-refractivity contribution is -0.121. The van der Waals surface area contributed by atoms with Crippen molar-refractivity contribution in [2.45, 2.75) is 50.5 Å². The summed E-state index contributed by atoms with van der Waals surface area (Å²) in [5, 5.41) is 4.32. The van der Waals surface area contributed by atoms with Gasteiger partial charge in [0.25, 0.3) is 0 Å². The normalized spacial score (nSPS) is 12.8. The maximum Gasteiger partial charge on any atom is 0.214 e. The van der Waals surface area contributed by atoms with Crippen molar-refractivity contribution in [2.24, 2.45) is 0 Å². The second kappa shape index (κ2) is 13.0. The number of pyridine rings is 1. The van der Waals surface area contributed by atoms with E-state index in [2.05, 4.69) is 65.3 Å². The van der Waals surface area contributed by atoms with Crippen LogP contribution in [-0.2, 0) is 17.9 Å². The number of aryl methyl sites for hydroxylation is 1. The Labute approximate surface area is 216 Å². The summed E-state index contributed by atoms with van der Waals surface area (Å²) in [6.45, 7) is 2.32. The van der Waals surface area contributed by atoms with Gasteiger partial charge in [0.05, 0.1) is 0 Å². The molecule has 0 bridgehead atoms. The zero-order valence-corrected chi connectivity index (χ0v) is 21.4. The fourth-order valence-electron chi connectivity index (χ4n) is 4.50. The number of hydrogen-bond donors (Lipinski definition) is 1.